The van der Waals surface area contributed by atoms with Crippen molar-refractivity contribution in [2.45, 2.75) is 64.8 Å². The van der Waals surface area contributed by atoms with E-state index < -0.39 is 35.4 Å². The van der Waals surface area contributed by atoms with Gasteiger partial charge in [-0.1, -0.05) is 51.5 Å². The summed E-state index contributed by atoms with van der Waals surface area (Å²) in [5.41, 5.74) is 1.34. The lowest BCUT2D eigenvalue weighted by molar-refractivity contribution is -0.139. The Morgan fingerprint density at radius 3 is 1.82 bits per heavy atom. The van der Waals surface area contributed by atoms with E-state index in [2.05, 4.69) is 0 Å². The number of halogens is 6. The largest absolute Gasteiger partial charge is 0.481 e. The summed E-state index contributed by atoms with van der Waals surface area (Å²) in [6, 6.07) is 14.8. The molecule has 3 aromatic carbocycles. The Kier molecular flexibility index (Phi) is 9.92. The molecule has 0 aliphatic rings. The van der Waals surface area contributed by atoms with Gasteiger partial charge in [-0.3, -0.25) is 4.79 Å². The maximum absolute atomic E-state index is 13.1. The second-order valence-corrected chi connectivity index (χ2v) is 10.4. The van der Waals surface area contributed by atoms with Crippen LogP contribution in [-0.4, -0.2) is 17.6 Å². The number of alkyl halides is 6. The van der Waals surface area contributed by atoms with Crippen molar-refractivity contribution >= 4 is 11.7 Å². The van der Waals surface area contributed by atoms with Gasteiger partial charge in [-0.25, -0.2) is 0 Å². The Morgan fingerprint density at radius 2 is 1.35 bits per heavy atom. The van der Waals surface area contributed by atoms with E-state index in [-0.39, 0.29) is 6.54 Å². The van der Waals surface area contributed by atoms with E-state index in [0.29, 0.717) is 53.2 Å². The van der Waals surface area contributed by atoms with Gasteiger partial charge in [-0.2, -0.15) is 26.3 Å². The predicted octanol–water partition coefficient (Wildman–Crippen LogP) is 9.41. The number of hydrogen-bond acceptors (Lipinski definition) is 2. The maximum Gasteiger partial charge on any atom is 0.416 e. The van der Waals surface area contributed by atoms with Crippen molar-refractivity contribution < 1.29 is 36.2 Å². The number of carboxylic acids is 1. The topological polar surface area (TPSA) is 40.5 Å². The molecule has 0 aliphatic carbocycles. The summed E-state index contributed by atoms with van der Waals surface area (Å²) in [4.78, 5) is 14.0. The van der Waals surface area contributed by atoms with E-state index in [0.717, 1.165) is 30.7 Å². The van der Waals surface area contributed by atoms with E-state index in [1.54, 1.807) is 18.2 Å². The zero-order valence-corrected chi connectivity index (χ0v) is 22.6. The Hall–Kier alpha value is -3.49. The molecule has 0 heterocycles. The predicted molar refractivity (Wildman–Crippen MR) is 144 cm³/mol. The van der Waals surface area contributed by atoms with Crippen LogP contribution in [0.15, 0.2) is 66.7 Å². The number of nitrogens with zero attached hydrogens (tertiary/aromatic N) is 1. The highest BCUT2D eigenvalue weighted by molar-refractivity contribution is 5.77. The van der Waals surface area contributed by atoms with Gasteiger partial charge in [0, 0.05) is 18.8 Å². The van der Waals surface area contributed by atoms with Gasteiger partial charge in [0.05, 0.1) is 17.0 Å². The molecular formula is C31H33F6NO2. The molecule has 1 N–H and O–H groups in total. The van der Waals surface area contributed by atoms with E-state index in [4.69, 9.17) is 0 Å². The molecule has 1 atom stereocenters. The maximum atomic E-state index is 13.1. The molecule has 0 unspecified atom stereocenters. The SMILES string of the molecule is CCC[C@@H](C(=O)O)c1cc(CN(CCC(C)C)c2ccc(C(F)(F)F)cc2)cc(-c2ccc(C(F)(F)F)cc2)c1. The molecule has 0 saturated heterocycles. The van der Waals surface area contributed by atoms with Crippen molar-refractivity contribution in [1.29, 1.82) is 0 Å². The molecule has 3 aromatic rings. The third-order valence-corrected chi connectivity index (χ3v) is 6.75. The van der Waals surface area contributed by atoms with Crippen molar-refractivity contribution in [3.8, 4) is 11.1 Å². The average molecular weight is 566 g/mol. The lowest BCUT2D eigenvalue weighted by Crippen LogP contribution is -2.25. The average Bonchev–Trinajstić information content (AvgIpc) is 2.88. The van der Waals surface area contributed by atoms with Crippen LogP contribution in [0.25, 0.3) is 11.1 Å². The van der Waals surface area contributed by atoms with Gasteiger partial charge in [-0.05, 0) is 83.5 Å². The van der Waals surface area contributed by atoms with E-state index in [1.807, 2.05) is 25.7 Å². The van der Waals surface area contributed by atoms with Crippen LogP contribution in [0.2, 0.25) is 0 Å². The number of rotatable bonds is 11. The normalized spacial score (nSPS) is 12.9. The molecule has 0 spiro atoms. The standard InChI is InChI=1S/C31H33F6NO2/c1-4-5-28(29(39)40)24-17-21(16-23(18-24)22-6-8-25(9-7-22)30(32,33)34)19-38(15-14-20(2)3)27-12-10-26(11-13-27)31(35,36)37/h6-13,16-18,20,28H,4-5,14-15,19H2,1-3H3,(H,39,40)/t28-/m1/s1. The van der Waals surface area contributed by atoms with Crippen LogP contribution >= 0.6 is 0 Å². The fourth-order valence-electron chi connectivity index (χ4n) is 4.55. The Bertz CT molecular complexity index is 1260. The van der Waals surface area contributed by atoms with Gasteiger partial charge in [0.15, 0.2) is 0 Å². The number of carboxylic acid groups (broad SMARTS) is 1. The first-order valence-corrected chi connectivity index (χ1v) is 13.2. The highest BCUT2D eigenvalue weighted by atomic mass is 19.4. The fourth-order valence-corrected chi connectivity index (χ4v) is 4.55. The Labute approximate surface area is 230 Å². The minimum atomic E-state index is -4.49. The zero-order valence-electron chi connectivity index (χ0n) is 22.6. The first-order chi connectivity index (χ1) is 18.7. The minimum absolute atomic E-state index is 0.276. The van der Waals surface area contributed by atoms with Crippen molar-refractivity contribution in [3.05, 3.63) is 89.0 Å². The van der Waals surface area contributed by atoms with Crippen molar-refractivity contribution in [3.63, 3.8) is 0 Å². The zero-order chi connectivity index (χ0) is 29.7. The van der Waals surface area contributed by atoms with E-state index in [1.165, 1.54) is 24.3 Å². The van der Waals surface area contributed by atoms with Crippen LogP contribution < -0.4 is 4.90 Å². The molecule has 0 radical (unpaired) electrons. The highest BCUT2D eigenvalue weighted by Crippen LogP contribution is 2.35. The second kappa shape index (κ2) is 12.8. The van der Waals surface area contributed by atoms with Crippen LogP contribution in [0.4, 0.5) is 32.0 Å². The summed E-state index contributed by atoms with van der Waals surface area (Å²) in [7, 11) is 0. The lowest BCUT2D eigenvalue weighted by atomic mass is 9.89. The number of aliphatic carboxylic acids is 1. The number of anilines is 1. The molecule has 0 fully saturated rings. The fraction of sp³-hybridized carbons (Fsp3) is 0.387. The number of carbonyl (C=O) groups is 1. The van der Waals surface area contributed by atoms with Gasteiger partial charge in [0.2, 0.25) is 0 Å². The van der Waals surface area contributed by atoms with Crippen LogP contribution in [0, 0.1) is 5.92 Å². The van der Waals surface area contributed by atoms with Crippen LogP contribution in [0.5, 0.6) is 0 Å². The smallest absolute Gasteiger partial charge is 0.416 e. The number of hydrogen-bond donors (Lipinski definition) is 1. The van der Waals surface area contributed by atoms with Gasteiger partial charge in [-0.15, -0.1) is 0 Å². The monoisotopic (exact) mass is 565 g/mol. The van der Waals surface area contributed by atoms with Gasteiger partial charge >= 0.3 is 18.3 Å². The van der Waals surface area contributed by atoms with E-state index >= 15 is 0 Å². The van der Waals surface area contributed by atoms with Gasteiger partial charge in [0.1, 0.15) is 0 Å². The second-order valence-electron chi connectivity index (χ2n) is 10.4. The first kappa shape index (κ1) is 31.0. The Balaban J connectivity index is 2.07. The summed E-state index contributed by atoms with van der Waals surface area (Å²) < 4.78 is 78.8. The molecule has 9 heteroatoms. The Morgan fingerprint density at radius 1 is 0.800 bits per heavy atom. The quantitative estimate of drug-likeness (QED) is 0.236. The summed E-state index contributed by atoms with van der Waals surface area (Å²) in [5, 5.41) is 9.91. The highest BCUT2D eigenvalue weighted by Gasteiger charge is 2.31. The minimum Gasteiger partial charge on any atom is -0.481 e. The van der Waals surface area contributed by atoms with Crippen LogP contribution in [0.3, 0.4) is 0 Å². The summed E-state index contributed by atoms with van der Waals surface area (Å²) in [6.07, 6.45) is -7.19. The summed E-state index contributed by atoms with van der Waals surface area (Å²) in [6.45, 7) is 6.76. The number of benzene rings is 3. The molecular weight excluding hydrogens is 532 g/mol. The molecule has 0 saturated carbocycles. The molecule has 0 amide bonds. The molecule has 0 aromatic heterocycles. The van der Waals surface area contributed by atoms with E-state index in [9.17, 15) is 36.2 Å². The van der Waals surface area contributed by atoms with Crippen molar-refractivity contribution in [2.24, 2.45) is 5.92 Å². The third kappa shape index (κ3) is 8.26. The molecule has 3 rings (SSSR count). The molecule has 0 aliphatic heterocycles. The molecule has 40 heavy (non-hydrogen) atoms. The molecule has 216 valence electrons. The molecule has 3 nitrogen and oxygen atoms in total. The summed E-state index contributed by atoms with van der Waals surface area (Å²) in [5.74, 6) is -1.49. The molecule has 0 bridgehead atoms. The third-order valence-electron chi connectivity index (χ3n) is 6.75. The summed E-state index contributed by atoms with van der Waals surface area (Å²) >= 11 is 0. The van der Waals surface area contributed by atoms with Crippen molar-refractivity contribution in [1.82, 2.24) is 0 Å². The lowest BCUT2D eigenvalue weighted by Gasteiger charge is -2.27. The van der Waals surface area contributed by atoms with Gasteiger partial charge in [0.25, 0.3) is 0 Å². The van der Waals surface area contributed by atoms with Crippen LogP contribution in [-0.2, 0) is 23.7 Å². The van der Waals surface area contributed by atoms with Gasteiger partial charge < -0.3 is 10.0 Å². The van der Waals surface area contributed by atoms with Crippen molar-refractivity contribution in [2.75, 3.05) is 11.4 Å². The first-order valence-electron chi connectivity index (χ1n) is 13.2. The van der Waals surface area contributed by atoms with Crippen LogP contribution in [0.1, 0.15) is 68.2 Å².